The minimum absolute atomic E-state index is 0.0933. The van der Waals surface area contributed by atoms with Crippen LogP contribution in [0.2, 0.25) is 0 Å². The summed E-state index contributed by atoms with van der Waals surface area (Å²) in [4.78, 5) is 33.1. The standard InChI is InChI=1S/C30H29F3N4O4/c1-17-5-6-18(2)37(17)29-34-23-9-8-20(14-27(23)41-29)36-16-21(28(39)40)26(38)15-25(36)19-7-10-24(35-11-3-4-12-35)22(13-19)30(31,32)33/h7-10,13-18H,3-6,11-12H2,1-2H3,(H,39,40)/t17-,18-/m1/s1. The fraction of sp³-hybridized carbons (Fsp3) is 0.367. The van der Waals surface area contributed by atoms with Crippen LogP contribution in [0, 0.1) is 0 Å². The van der Waals surface area contributed by atoms with E-state index in [4.69, 9.17) is 4.42 Å². The average Bonchev–Trinajstić information content (AvgIpc) is 3.67. The SMILES string of the molecule is C[C@@H]1CC[C@@H](C)N1c1nc2ccc(-n3cc(C(=O)O)c(=O)cc3-c3ccc(N4CCCC4)c(C(F)(F)F)c3)cc2o1. The largest absolute Gasteiger partial charge is 0.477 e. The zero-order chi connectivity index (χ0) is 29.1. The molecule has 2 atom stereocenters. The van der Waals surface area contributed by atoms with Crippen molar-refractivity contribution in [2.75, 3.05) is 22.9 Å². The molecule has 4 heterocycles. The van der Waals surface area contributed by atoms with Crippen LogP contribution >= 0.6 is 0 Å². The van der Waals surface area contributed by atoms with Gasteiger partial charge in [-0.1, -0.05) is 6.07 Å². The van der Waals surface area contributed by atoms with Gasteiger partial charge in [0, 0.05) is 54.9 Å². The summed E-state index contributed by atoms with van der Waals surface area (Å²) in [7, 11) is 0. The van der Waals surface area contributed by atoms with E-state index in [1.165, 1.54) is 16.7 Å². The highest BCUT2D eigenvalue weighted by atomic mass is 19.4. The number of aromatic carboxylic acids is 1. The number of fused-ring (bicyclic) bond motifs is 1. The van der Waals surface area contributed by atoms with E-state index in [9.17, 15) is 27.9 Å². The Labute approximate surface area is 233 Å². The molecule has 11 heteroatoms. The van der Waals surface area contributed by atoms with Gasteiger partial charge in [-0.15, -0.1) is 0 Å². The summed E-state index contributed by atoms with van der Waals surface area (Å²) in [6.07, 6.45) is 0.178. The zero-order valence-electron chi connectivity index (χ0n) is 22.6. The quantitative estimate of drug-likeness (QED) is 0.301. The van der Waals surface area contributed by atoms with E-state index in [2.05, 4.69) is 23.7 Å². The average molecular weight is 567 g/mol. The molecule has 0 spiro atoms. The first-order valence-corrected chi connectivity index (χ1v) is 13.7. The molecule has 0 bridgehead atoms. The highest BCUT2D eigenvalue weighted by Gasteiger charge is 2.36. The monoisotopic (exact) mass is 566 g/mol. The Balaban J connectivity index is 1.50. The van der Waals surface area contributed by atoms with Crippen LogP contribution in [0.5, 0.6) is 0 Å². The first-order chi connectivity index (χ1) is 19.5. The van der Waals surface area contributed by atoms with Crippen molar-refractivity contribution in [2.45, 2.75) is 57.8 Å². The molecule has 0 unspecified atom stereocenters. The van der Waals surface area contributed by atoms with Crippen LogP contribution in [-0.4, -0.2) is 45.8 Å². The molecular weight excluding hydrogens is 537 g/mol. The topological polar surface area (TPSA) is 91.8 Å². The van der Waals surface area contributed by atoms with Crippen LogP contribution in [0.25, 0.3) is 28.0 Å². The highest BCUT2D eigenvalue weighted by Crippen LogP contribution is 2.40. The van der Waals surface area contributed by atoms with Crippen molar-refractivity contribution >= 4 is 28.8 Å². The van der Waals surface area contributed by atoms with Crippen molar-refractivity contribution in [3.05, 3.63) is 70.0 Å². The van der Waals surface area contributed by atoms with Gasteiger partial charge in [0.1, 0.15) is 11.1 Å². The van der Waals surface area contributed by atoms with Crippen LogP contribution < -0.4 is 15.2 Å². The summed E-state index contributed by atoms with van der Waals surface area (Å²) in [5.74, 6) is -1.43. The van der Waals surface area contributed by atoms with Gasteiger partial charge in [0.25, 0.3) is 6.01 Å². The van der Waals surface area contributed by atoms with Crippen LogP contribution in [0.15, 0.2) is 57.9 Å². The molecule has 8 nitrogen and oxygen atoms in total. The predicted molar refractivity (Wildman–Crippen MR) is 149 cm³/mol. The van der Waals surface area contributed by atoms with Crippen molar-refractivity contribution in [1.29, 1.82) is 0 Å². The summed E-state index contributed by atoms with van der Waals surface area (Å²) in [6, 6.07) is 11.1. The summed E-state index contributed by atoms with van der Waals surface area (Å²) < 4.78 is 50.2. The maximum absolute atomic E-state index is 14.2. The van der Waals surface area contributed by atoms with Gasteiger partial charge in [0.2, 0.25) is 0 Å². The van der Waals surface area contributed by atoms with E-state index in [1.54, 1.807) is 23.1 Å². The molecular formula is C30H29F3N4O4. The van der Waals surface area contributed by atoms with Crippen LogP contribution in [0.3, 0.4) is 0 Å². The van der Waals surface area contributed by atoms with E-state index < -0.39 is 28.7 Å². The van der Waals surface area contributed by atoms with Gasteiger partial charge in [-0.05, 0) is 69.4 Å². The van der Waals surface area contributed by atoms with Crippen molar-refractivity contribution < 1.29 is 27.5 Å². The molecule has 0 amide bonds. The van der Waals surface area contributed by atoms with Gasteiger partial charge >= 0.3 is 12.1 Å². The van der Waals surface area contributed by atoms with Gasteiger partial charge in [-0.2, -0.15) is 18.2 Å². The Morgan fingerprint density at radius 1 is 1.02 bits per heavy atom. The highest BCUT2D eigenvalue weighted by molar-refractivity contribution is 5.88. The maximum Gasteiger partial charge on any atom is 0.418 e. The lowest BCUT2D eigenvalue weighted by molar-refractivity contribution is -0.137. The molecule has 4 aromatic rings. The molecule has 1 N–H and O–H groups in total. The molecule has 0 aliphatic carbocycles. The molecule has 2 aromatic carbocycles. The number of oxazole rings is 1. The Morgan fingerprint density at radius 3 is 2.39 bits per heavy atom. The summed E-state index contributed by atoms with van der Waals surface area (Å²) >= 11 is 0. The van der Waals surface area contributed by atoms with Crippen molar-refractivity contribution in [2.24, 2.45) is 0 Å². The summed E-state index contributed by atoms with van der Waals surface area (Å²) in [5.41, 5.74) is -0.323. The molecule has 2 aliphatic heterocycles. The first kappa shape index (κ1) is 26.9. The zero-order valence-corrected chi connectivity index (χ0v) is 22.6. The number of hydrogen-bond acceptors (Lipinski definition) is 6. The molecule has 6 rings (SSSR count). The smallest absolute Gasteiger partial charge is 0.418 e. The fourth-order valence-corrected chi connectivity index (χ4v) is 6.02. The molecule has 0 radical (unpaired) electrons. The van der Waals surface area contributed by atoms with Crippen LogP contribution in [0.1, 0.15) is 55.5 Å². The van der Waals surface area contributed by atoms with Gasteiger partial charge < -0.3 is 23.9 Å². The molecule has 2 fully saturated rings. The lowest BCUT2D eigenvalue weighted by atomic mass is 10.0. The van der Waals surface area contributed by atoms with Gasteiger partial charge in [-0.25, -0.2) is 4.79 Å². The van der Waals surface area contributed by atoms with E-state index in [0.29, 0.717) is 35.9 Å². The second kappa shape index (κ2) is 9.97. The van der Waals surface area contributed by atoms with Gasteiger partial charge in [0.15, 0.2) is 11.0 Å². The fourth-order valence-electron chi connectivity index (χ4n) is 6.02. The molecule has 0 saturated carbocycles. The van der Waals surface area contributed by atoms with E-state index in [-0.39, 0.29) is 29.0 Å². The molecule has 2 aliphatic rings. The first-order valence-electron chi connectivity index (χ1n) is 13.7. The van der Waals surface area contributed by atoms with E-state index in [1.807, 2.05) is 0 Å². The Kier molecular flexibility index (Phi) is 6.55. The molecule has 2 aromatic heterocycles. The number of carboxylic acid groups (broad SMARTS) is 1. The second-order valence-electron chi connectivity index (χ2n) is 10.9. The summed E-state index contributed by atoms with van der Waals surface area (Å²) in [5, 5.41) is 9.65. The number of carboxylic acids is 1. The third-order valence-electron chi connectivity index (χ3n) is 8.14. The number of halogens is 3. The van der Waals surface area contributed by atoms with Crippen LogP contribution in [-0.2, 0) is 6.18 Å². The minimum atomic E-state index is -4.63. The Hall–Kier alpha value is -4.28. The maximum atomic E-state index is 14.2. The Morgan fingerprint density at radius 2 is 1.73 bits per heavy atom. The van der Waals surface area contributed by atoms with E-state index >= 15 is 0 Å². The predicted octanol–water partition coefficient (Wildman–Crippen LogP) is 6.34. The van der Waals surface area contributed by atoms with Crippen molar-refractivity contribution in [3.8, 4) is 16.9 Å². The number of anilines is 2. The number of pyridine rings is 1. The van der Waals surface area contributed by atoms with Crippen molar-refractivity contribution in [3.63, 3.8) is 0 Å². The normalized spacial score (nSPS) is 19.4. The summed E-state index contributed by atoms with van der Waals surface area (Å²) in [6.45, 7) is 5.28. The van der Waals surface area contributed by atoms with E-state index in [0.717, 1.165) is 44.0 Å². The molecule has 214 valence electrons. The lowest BCUT2D eigenvalue weighted by Gasteiger charge is -2.24. The number of hydrogen-bond donors (Lipinski definition) is 1. The number of nitrogens with zero attached hydrogens (tertiary/aromatic N) is 4. The molecule has 41 heavy (non-hydrogen) atoms. The molecule has 2 saturated heterocycles. The number of alkyl halides is 3. The van der Waals surface area contributed by atoms with Gasteiger partial charge in [-0.3, -0.25) is 4.79 Å². The van der Waals surface area contributed by atoms with Crippen molar-refractivity contribution in [1.82, 2.24) is 9.55 Å². The second-order valence-corrected chi connectivity index (χ2v) is 10.9. The number of benzene rings is 2. The minimum Gasteiger partial charge on any atom is -0.477 e. The third kappa shape index (κ3) is 4.83. The number of carbonyl (C=O) groups is 1. The number of rotatable bonds is 5. The van der Waals surface area contributed by atoms with Gasteiger partial charge in [0.05, 0.1) is 11.3 Å². The van der Waals surface area contributed by atoms with Crippen LogP contribution in [0.4, 0.5) is 24.9 Å². The third-order valence-corrected chi connectivity index (χ3v) is 8.14. The number of aromatic nitrogens is 2. The Bertz CT molecular complexity index is 1690. The lowest BCUT2D eigenvalue weighted by Crippen LogP contribution is -2.32.